The molecular formula is C51H83N7O10S. The Kier molecular flexibility index (Phi) is 24.9. The Bertz CT molecular complexity index is 1920. The van der Waals surface area contributed by atoms with Gasteiger partial charge in [-0.15, -0.1) is 11.3 Å². The quantitative estimate of drug-likeness (QED) is 0.0511. The van der Waals surface area contributed by atoms with E-state index in [9.17, 15) is 33.9 Å². The third-order valence-corrected chi connectivity index (χ3v) is 13.3. The van der Waals surface area contributed by atoms with Gasteiger partial charge in [-0.2, -0.15) is 0 Å². The molecule has 3 rings (SSSR count). The number of nitrogens with one attached hydrogen (secondary N) is 4. The third-order valence-electron chi connectivity index (χ3n) is 12.3. The number of likely N-dealkylation sites (N-methyl/N-ethyl adjacent to an activating group) is 1. The number of benzene rings is 1. The van der Waals surface area contributed by atoms with Crippen molar-refractivity contribution in [2.75, 3.05) is 39.8 Å². The SMILES string of the molecule is CCCO[C@H](C[C@H](C(C)C)N(CCC)C(=O)[C@@H](NC(=O)[C@H]1CCCCN1C)[C@@H](C)CC)c1nc(C(=O)NC(Cc2ccc(OC(=O)NCCCCNC(=O)OC(C)(C)C)cc2)C[C@H](C)C(=O)O)cs1. The highest BCUT2D eigenvalue weighted by Gasteiger charge is 2.38. The van der Waals surface area contributed by atoms with Gasteiger partial charge >= 0.3 is 18.2 Å². The molecule has 1 saturated heterocycles. The molecule has 17 nitrogen and oxygen atoms in total. The Morgan fingerprint density at radius 2 is 1.58 bits per heavy atom. The van der Waals surface area contributed by atoms with Crippen LogP contribution in [0.5, 0.6) is 5.75 Å². The summed E-state index contributed by atoms with van der Waals surface area (Å²) in [5.74, 6) is -2.15. The third kappa shape index (κ3) is 20.2. The molecule has 7 atom stereocenters. The number of unbranched alkanes of at least 4 members (excludes halogenated alkanes) is 1. The molecule has 5 N–H and O–H groups in total. The van der Waals surface area contributed by atoms with Crippen molar-refractivity contribution < 1.29 is 48.1 Å². The zero-order chi connectivity index (χ0) is 51.3. The Morgan fingerprint density at radius 1 is 0.913 bits per heavy atom. The summed E-state index contributed by atoms with van der Waals surface area (Å²) in [7, 11) is 1.97. The van der Waals surface area contributed by atoms with Crippen molar-refractivity contribution >= 4 is 47.2 Å². The van der Waals surface area contributed by atoms with E-state index < -0.39 is 53.8 Å². The second-order valence-electron chi connectivity index (χ2n) is 19.8. The molecule has 0 radical (unpaired) electrons. The lowest BCUT2D eigenvalue weighted by molar-refractivity contribution is -0.143. The van der Waals surface area contributed by atoms with Crippen LogP contribution in [0.2, 0.25) is 0 Å². The molecule has 1 aliphatic heterocycles. The van der Waals surface area contributed by atoms with E-state index in [1.807, 2.05) is 39.6 Å². The first-order valence-corrected chi connectivity index (χ1v) is 26.0. The first-order chi connectivity index (χ1) is 32.7. The maximum absolute atomic E-state index is 14.7. The molecule has 18 heteroatoms. The van der Waals surface area contributed by atoms with Crippen molar-refractivity contribution in [3.63, 3.8) is 0 Å². The van der Waals surface area contributed by atoms with Crippen LogP contribution >= 0.6 is 11.3 Å². The maximum Gasteiger partial charge on any atom is 0.412 e. The van der Waals surface area contributed by atoms with Crippen molar-refractivity contribution in [3.05, 3.63) is 45.9 Å². The number of alkyl carbamates (subject to hydrolysis) is 1. The summed E-state index contributed by atoms with van der Waals surface area (Å²) in [5, 5.41) is 23.7. The second-order valence-corrected chi connectivity index (χ2v) is 20.7. The van der Waals surface area contributed by atoms with E-state index in [2.05, 4.69) is 40.0 Å². The number of nitrogens with zero attached hydrogens (tertiary/aromatic N) is 3. The van der Waals surface area contributed by atoms with Crippen molar-refractivity contribution in [1.82, 2.24) is 36.1 Å². The molecule has 1 fully saturated rings. The van der Waals surface area contributed by atoms with Crippen molar-refractivity contribution in [3.8, 4) is 5.75 Å². The molecule has 1 aromatic heterocycles. The number of ether oxygens (including phenoxy) is 3. The topological polar surface area (TPSA) is 218 Å². The Hall–Kier alpha value is -4.81. The van der Waals surface area contributed by atoms with Gasteiger partial charge in [-0.05, 0) is 115 Å². The smallest absolute Gasteiger partial charge is 0.412 e. The standard InChI is InChI=1S/C51H83N7O10S/c1-12-26-58(47(61)43(34(6)14-3)56-45(60)40-19-15-18-27-57(40)11)41(33(4)5)31-42(66-28-13-2)46-55-39(32-69-46)44(59)54-37(29-35(7)48(62)63)30-36-20-22-38(23-21-36)67-49(64)52-24-16-17-25-53-50(65)68-51(8,9)10/h20-23,32-35,37,40-43H,12-19,24-31H2,1-11H3,(H,52,64)(H,53,65)(H,54,59)(H,56,60)(H,62,63)/t34-,35-,37?,40+,41+,42+,43-/m0/s1. The number of hydrogen-bond acceptors (Lipinski definition) is 12. The van der Waals surface area contributed by atoms with Gasteiger partial charge in [0.05, 0.1) is 12.0 Å². The molecule has 0 bridgehead atoms. The number of piperidine rings is 1. The summed E-state index contributed by atoms with van der Waals surface area (Å²) in [6.07, 6.45) is 5.46. The van der Waals surface area contributed by atoms with Crippen LogP contribution in [-0.4, -0.2) is 125 Å². The summed E-state index contributed by atoms with van der Waals surface area (Å²) in [6.45, 7) is 21.8. The Balaban J connectivity index is 1.72. The molecule has 5 amide bonds. The lowest BCUT2D eigenvalue weighted by atomic mass is 9.92. The second kappa shape index (κ2) is 29.4. The number of rotatable bonds is 28. The molecule has 0 saturated carbocycles. The van der Waals surface area contributed by atoms with Crippen molar-refractivity contribution in [1.29, 1.82) is 0 Å². The van der Waals surface area contributed by atoms with Gasteiger partial charge < -0.3 is 45.5 Å². The number of amides is 5. The molecule has 1 unspecified atom stereocenters. The minimum atomic E-state index is -0.986. The van der Waals surface area contributed by atoms with Crippen LogP contribution in [0.25, 0.3) is 0 Å². The van der Waals surface area contributed by atoms with Crippen molar-refractivity contribution in [2.24, 2.45) is 17.8 Å². The number of likely N-dealkylation sites (tertiary alicyclic amines) is 1. The van der Waals surface area contributed by atoms with Gasteiger partial charge in [0.2, 0.25) is 11.8 Å². The number of thiazole rings is 1. The minimum absolute atomic E-state index is 0.0287. The van der Waals surface area contributed by atoms with Gasteiger partial charge in [-0.1, -0.05) is 73.4 Å². The number of carbonyl (C=O) groups excluding carboxylic acids is 5. The lowest BCUT2D eigenvalue weighted by Crippen LogP contribution is -2.58. The summed E-state index contributed by atoms with van der Waals surface area (Å²) in [6, 6.07) is 5.01. The van der Waals surface area contributed by atoms with Gasteiger partial charge in [0.25, 0.3) is 5.91 Å². The van der Waals surface area contributed by atoms with E-state index in [0.717, 1.165) is 50.6 Å². The van der Waals surface area contributed by atoms with Gasteiger partial charge in [-0.25, -0.2) is 14.6 Å². The fourth-order valence-corrected chi connectivity index (χ4v) is 9.12. The monoisotopic (exact) mass is 986 g/mol. The Labute approximate surface area is 414 Å². The number of aromatic nitrogens is 1. The summed E-state index contributed by atoms with van der Waals surface area (Å²) in [5.41, 5.74) is 0.387. The summed E-state index contributed by atoms with van der Waals surface area (Å²) < 4.78 is 17.1. The van der Waals surface area contributed by atoms with E-state index in [4.69, 9.17) is 19.2 Å². The number of carboxylic acids is 1. The van der Waals surface area contributed by atoms with Crippen LogP contribution in [0.3, 0.4) is 0 Å². The molecule has 0 aliphatic carbocycles. The highest BCUT2D eigenvalue weighted by atomic mass is 32.1. The van der Waals surface area contributed by atoms with Crippen LogP contribution in [-0.2, 0) is 30.3 Å². The molecule has 388 valence electrons. The number of aliphatic carboxylic acids is 1. The van der Waals surface area contributed by atoms with Crippen LogP contribution in [0.15, 0.2) is 29.6 Å². The molecule has 1 aromatic carbocycles. The average Bonchev–Trinajstić information content (AvgIpc) is 3.79. The summed E-state index contributed by atoms with van der Waals surface area (Å²) >= 11 is 1.31. The molecule has 2 heterocycles. The van der Waals surface area contributed by atoms with Crippen LogP contribution in [0.1, 0.15) is 161 Å². The molecule has 1 aliphatic rings. The highest BCUT2D eigenvalue weighted by molar-refractivity contribution is 7.09. The fourth-order valence-electron chi connectivity index (χ4n) is 8.26. The van der Waals surface area contributed by atoms with Gasteiger partial charge in [0.15, 0.2) is 0 Å². The first kappa shape index (κ1) is 58.5. The van der Waals surface area contributed by atoms with Crippen LogP contribution in [0, 0.1) is 17.8 Å². The number of hydrogen-bond donors (Lipinski definition) is 5. The first-order valence-electron chi connectivity index (χ1n) is 25.1. The molecule has 0 spiro atoms. The lowest BCUT2D eigenvalue weighted by Gasteiger charge is -2.40. The van der Waals surface area contributed by atoms with E-state index in [-0.39, 0.29) is 47.8 Å². The highest BCUT2D eigenvalue weighted by Crippen LogP contribution is 2.32. The van der Waals surface area contributed by atoms with Gasteiger partial charge in [-0.3, -0.25) is 24.1 Å². The normalized spacial score (nSPS) is 16.8. The predicted molar refractivity (Wildman–Crippen MR) is 268 cm³/mol. The van der Waals surface area contributed by atoms with E-state index in [1.54, 1.807) is 57.3 Å². The van der Waals surface area contributed by atoms with E-state index in [0.29, 0.717) is 62.7 Å². The van der Waals surface area contributed by atoms with Crippen LogP contribution in [0.4, 0.5) is 9.59 Å². The van der Waals surface area contributed by atoms with E-state index in [1.165, 1.54) is 11.3 Å². The molecule has 2 aromatic rings. The largest absolute Gasteiger partial charge is 0.481 e. The zero-order valence-electron chi connectivity index (χ0n) is 43.2. The fraction of sp³-hybridized carbons (Fsp3) is 0.706. The van der Waals surface area contributed by atoms with Gasteiger partial charge in [0, 0.05) is 50.1 Å². The average molecular weight is 986 g/mol. The minimum Gasteiger partial charge on any atom is -0.481 e. The molecular weight excluding hydrogens is 903 g/mol. The number of carboxylic acid groups (broad SMARTS) is 1. The predicted octanol–water partition coefficient (Wildman–Crippen LogP) is 8.12. The van der Waals surface area contributed by atoms with Gasteiger partial charge in [0.1, 0.15) is 34.2 Å². The van der Waals surface area contributed by atoms with Crippen LogP contribution < -0.4 is 26.0 Å². The molecule has 69 heavy (non-hydrogen) atoms. The van der Waals surface area contributed by atoms with Crippen molar-refractivity contribution in [2.45, 2.75) is 176 Å². The number of carbonyl (C=O) groups is 6. The zero-order valence-corrected chi connectivity index (χ0v) is 44.0. The van der Waals surface area contributed by atoms with E-state index >= 15 is 0 Å². The summed E-state index contributed by atoms with van der Waals surface area (Å²) in [4.78, 5) is 87.4. The maximum atomic E-state index is 14.7. The Morgan fingerprint density at radius 3 is 2.16 bits per heavy atom.